The zero-order chi connectivity index (χ0) is 21.5. The number of carbonyl (C=O) groups excluding carboxylic acids is 1. The molecule has 0 unspecified atom stereocenters. The number of carbonyl (C=O) groups is 1. The van der Waals surface area contributed by atoms with Crippen LogP contribution in [0.3, 0.4) is 0 Å². The van der Waals surface area contributed by atoms with E-state index in [0.717, 1.165) is 41.3 Å². The lowest BCUT2D eigenvalue weighted by molar-refractivity contribution is -0.121. The predicted molar refractivity (Wildman–Crippen MR) is 122 cm³/mol. The number of aryl methyl sites for hydroxylation is 3. The largest absolute Gasteiger partial charge is 0.461 e. The van der Waals surface area contributed by atoms with Gasteiger partial charge in [-0.25, -0.2) is 4.68 Å². The van der Waals surface area contributed by atoms with Crippen LogP contribution in [0.1, 0.15) is 29.9 Å². The van der Waals surface area contributed by atoms with Crippen molar-refractivity contribution in [2.45, 2.75) is 32.6 Å². The van der Waals surface area contributed by atoms with E-state index in [1.54, 1.807) is 0 Å². The molecule has 0 saturated heterocycles. The van der Waals surface area contributed by atoms with Crippen LogP contribution in [-0.4, -0.2) is 22.2 Å². The minimum absolute atomic E-state index is 0.0503. The van der Waals surface area contributed by atoms with Gasteiger partial charge in [0.2, 0.25) is 5.91 Å². The molecule has 2 aromatic heterocycles. The van der Waals surface area contributed by atoms with Crippen molar-refractivity contribution in [3.63, 3.8) is 0 Å². The summed E-state index contributed by atoms with van der Waals surface area (Å²) in [5.74, 6) is 1.72. The fourth-order valence-corrected chi connectivity index (χ4v) is 3.56. The molecule has 1 amide bonds. The summed E-state index contributed by atoms with van der Waals surface area (Å²) in [5, 5.41) is 7.61. The normalized spacial score (nSPS) is 10.9. The number of rotatable bonds is 9. The molecule has 0 radical (unpaired) electrons. The van der Waals surface area contributed by atoms with Crippen molar-refractivity contribution in [2.75, 3.05) is 6.54 Å². The molecule has 2 heterocycles. The highest BCUT2D eigenvalue weighted by atomic mass is 16.3. The molecule has 5 nitrogen and oxygen atoms in total. The first kappa shape index (κ1) is 20.7. The molecule has 0 aliphatic heterocycles. The topological polar surface area (TPSA) is 60.1 Å². The second kappa shape index (κ2) is 9.94. The smallest absolute Gasteiger partial charge is 0.220 e. The van der Waals surface area contributed by atoms with Crippen molar-refractivity contribution >= 4 is 5.91 Å². The second-order valence-electron chi connectivity index (χ2n) is 7.61. The lowest BCUT2D eigenvalue weighted by Crippen LogP contribution is -2.24. The maximum absolute atomic E-state index is 12.2. The Morgan fingerprint density at radius 1 is 0.968 bits per heavy atom. The number of hydrogen-bond acceptors (Lipinski definition) is 3. The molecule has 0 atom stereocenters. The fourth-order valence-electron chi connectivity index (χ4n) is 3.56. The van der Waals surface area contributed by atoms with Gasteiger partial charge in [-0.3, -0.25) is 4.79 Å². The van der Waals surface area contributed by atoms with Gasteiger partial charge in [0.25, 0.3) is 0 Å². The number of benzene rings is 2. The summed E-state index contributed by atoms with van der Waals surface area (Å²) >= 11 is 0. The summed E-state index contributed by atoms with van der Waals surface area (Å²) in [7, 11) is 0. The molecule has 0 aliphatic rings. The lowest BCUT2D eigenvalue weighted by Gasteiger charge is -2.04. The third kappa shape index (κ3) is 5.51. The molecule has 0 bridgehead atoms. The predicted octanol–water partition coefficient (Wildman–Crippen LogP) is 5.12. The van der Waals surface area contributed by atoms with Crippen molar-refractivity contribution in [1.82, 2.24) is 15.1 Å². The van der Waals surface area contributed by atoms with E-state index in [1.807, 2.05) is 84.4 Å². The maximum Gasteiger partial charge on any atom is 0.220 e. The molecule has 31 heavy (non-hydrogen) atoms. The van der Waals surface area contributed by atoms with Crippen molar-refractivity contribution in [3.8, 4) is 17.0 Å². The van der Waals surface area contributed by atoms with Gasteiger partial charge in [-0.15, -0.1) is 0 Å². The van der Waals surface area contributed by atoms with Crippen LogP contribution in [0.4, 0.5) is 0 Å². The van der Waals surface area contributed by atoms with Crippen LogP contribution < -0.4 is 5.32 Å². The number of nitrogens with zero attached hydrogens (tertiary/aromatic N) is 2. The molecule has 0 aliphatic carbocycles. The second-order valence-corrected chi connectivity index (χ2v) is 7.61. The summed E-state index contributed by atoms with van der Waals surface area (Å²) in [5.41, 5.74) is 4.34. The average molecular weight is 414 g/mol. The molecule has 4 aromatic rings. The molecule has 1 N–H and O–H groups in total. The standard InChI is InChI=1S/C26H27N3O2/c1-20-22(19-29(28-20)23-12-6-3-7-13-23)11-8-18-27-26(30)17-15-24-14-16-25(31-24)21-9-4-2-5-10-21/h2-7,9-10,12-14,16,19H,8,11,15,17-18H2,1H3,(H,27,30). The van der Waals surface area contributed by atoms with E-state index in [2.05, 4.69) is 16.6 Å². The van der Waals surface area contributed by atoms with E-state index < -0.39 is 0 Å². The van der Waals surface area contributed by atoms with E-state index in [1.165, 1.54) is 5.56 Å². The summed E-state index contributed by atoms with van der Waals surface area (Å²) in [4.78, 5) is 12.2. The van der Waals surface area contributed by atoms with E-state index in [0.29, 0.717) is 19.4 Å². The van der Waals surface area contributed by atoms with Crippen molar-refractivity contribution < 1.29 is 9.21 Å². The highest BCUT2D eigenvalue weighted by Crippen LogP contribution is 2.22. The zero-order valence-electron chi connectivity index (χ0n) is 17.8. The Bertz CT molecular complexity index is 1110. The first-order chi connectivity index (χ1) is 15.2. The minimum Gasteiger partial charge on any atom is -0.461 e. The molecule has 0 fully saturated rings. The van der Waals surface area contributed by atoms with Crippen molar-refractivity contribution in [2.24, 2.45) is 0 Å². The monoisotopic (exact) mass is 413 g/mol. The van der Waals surface area contributed by atoms with Crippen molar-refractivity contribution in [1.29, 1.82) is 0 Å². The Morgan fingerprint density at radius 2 is 1.71 bits per heavy atom. The van der Waals surface area contributed by atoms with Gasteiger partial charge in [0.1, 0.15) is 11.5 Å². The Hall–Kier alpha value is -3.60. The van der Waals surface area contributed by atoms with E-state index >= 15 is 0 Å². The van der Waals surface area contributed by atoms with E-state index in [-0.39, 0.29) is 5.91 Å². The third-order valence-corrected chi connectivity index (χ3v) is 5.28. The van der Waals surface area contributed by atoms with Crippen LogP contribution in [0.25, 0.3) is 17.0 Å². The van der Waals surface area contributed by atoms with E-state index in [4.69, 9.17) is 4.42 Å². The molecular weight excluding hydrogens is 386 g/mol. The molecule has 0 spiro atoms. The van der Waals surface area contributed by atoms with Crippen LogP contribution in [0.5, 0.6) is 0 Å². The molecule has 0 saturated carbocycles. The van der Waals surface area contributed by atoms with Crippen LogP contribution >= 0.6 is 0 Å². The summed E-state index contributed by atoms with van der Waals surface area (Å²) in [6, 6.07) is 24.0. The van der Waals surface area contributed by atoms with Crippen molar-refractivity contribution in [3.05, 3.63) is 96.0 Å². The first-order valence-corrected chi connectivity index (χ1v) is 10.7. The Kier molecular flexibility index (Phi) is 6.62. The summed E-state index contributed by atoms with van der Waals surface area (Å²) in [6.07, 6.45) is 4.87. The Balaban J connectivity index is 1.19. The maximum atomic E-state index is 12.2. The lowest BCUT2D eigenvalue weighted by atomic mass is 10.1. The van der Waals surface area contributed by atoms with E-state index in [9.17, 15) is 4.79 Å². The number of para-hydroxylation sites is 1. The van der Waals surface area contributed by atoms with Gasteiger partial charge in [0.15, 0.2) is 0 Å². The van der Waals surface area contributed by atoms with Gasteiger partial charge < -0.3 is 9.73 Å². The zero-order valence-corrected chi connectivity index (χ0v) is 17.8. The van der Waals surface area contributed by atoms with Gasteiger partial charge in [-0.05, 0) is 49.6 Å². The number of furan rings is 1. The number of hydrogen-bond donors (Lipinski definition) is 1. The van der Waals surface area contributed by atoms with Gasteiger partial charge >= 0.3 is 0 Å². The van der Waals surface area contributed by atoms with Gasteiger partial charge in [0.05, 0.1) is 11.4 Å². The number of amides is 1. The fraction of sp³-hybridized carbons (Fsp3) is 0.231. The van der Waals surface area contributed by atoms with Gasteiger partial charge in [-0.1, -0.05) is 48.5 Å². The van der Waals surface area contributed by atoms with Gasteiger partial charge in [0, 0.05) is 31.1 Å². The Morgan fingerprint density at radius 3 is 2.48 bits per heavy atom. The molecule has 158 valence electrons. The van der Waals surface area contributed by atoms with Crippen LogP contribution in [0, 0.1) is 6.92 Å². The van der Waals surface area contributed by atoms with Crippen LogP contribution in [0.2, 0.25) is 0 Å². The van der Waals surface area contributed by atoms with Gasteiger partial charge in [-0.2, -0.15) is 5.10 Å². The third-order valence-electron chi connectivity index (χ3n) is 5.28. The summed E-state index contributed by atoms with van der Waals surface area (Å²) < 4.78 is 7.78. The average Bonchev–Trinajstić information content (AvgIpc) is 3.43. The first-order valence-electron chi connectivity index (χ1n) is 10.7. The highest BCUT2D eigenvalue weighted by molar-refractivity contribution is 5.76. The molecule has 4 rings (SSSR count). The molecular formula is C26H27N3O2. The highest BCUT2D eigenvalue weighted by Gasteiger charge is 2.09. The molecule has 2 aromatic carbocycles. The van der Waals surface area contributed by atoms with Crippen LogP contribution in [-0.2, 0) is 17.6 Å². The number of nitrogens with one attached hydrogen (secondary N) is 1. The van der Waals surface area contributed by atoms with Crippen LogP contribution in [0.15, 0.2) is 83.4 Å². The Labute approximate surface area is 182 Å². The summed E-state index contributed by atoms with van der Waals surface area (Å²) in [6.45, 7) is 2.68. The number of aromatic nitrogens is 2. The minimum atomic E-state index is 0.0503. The quantitative estimate of drug-likeness (QED) is 0.387. The SMILES string of the molecule is Cc1nn(-c2ccccc2)cc1CCCNC(=O)CCc1ccc(-c2ccccc2)o1. The molecule has 5 heteroatoms.